The molecule has 0 aliphatic carbocycles. The van der Waals surface area contributed by atoms with Gasteiger partial charge in [0.15, 0.2) is 0 Å². The van der Waals surface area contributed by atoms with Gasteiger partial charge in [-0.3, -0.25) is 4.68 Å². The lowest BCUT2D eigenvalue weighted by atomic mass is 10.1. The van der Waals surface area contributed by atoms with Gasteiger partial charge in [-0.1, -0.05) is 32.6 Å². The van der Waals surface area contributed by atoms with Crippen LogP contribution in [0.4, 0.5) is 5.69 Å². The van der Waals surface area contributed by atoms with Crippen LogP contribution >= 0.6 is 0 Å². The summed E-state index contributed by atoms with van der Waals surface area (Å²) in [5.41, 5.74) is 1.13. The molecular formula is C12H23N3. The second-order valence-electron chi connectivity index (χ2n) is 4.30. The second kappa shape index (κ2) is 6.49. The molecule has 0 spiro atoms. The van der Waals surface area contributed by atoms with E-state index in [1.165, 1.54) is 32.1 Å². The Kier molecular flexibility index (Phi) is 5.22. The number of hydrogen-bond donors (Lipinski definition) is 1. The summed E-state index contributed by atoms with van der Waals surface area (Å²) in [6.45, 7) is 4.48. The van der Waals surface area contributed by atoms with Crippen molar-refractivity contribution in [3.05, 3.63) is 12.4 Å². The van der Waals surface area contributed by atoms with E-state index in [0.29, 0.717) is 6.04 Å². The summed E-state index contributed by atoms with van der Waals surface area (Å²) in [6, 6.07) is 0.547. The zero-order valence-electron chi connectivity index (χ0n) is 10.2. The van der Waals surface area contributed by atoms with E-state index >= 15 is 0 Å². The molecule has 15 heavy (non-hydrogen) atoms. The molecule has 0 aliphatic heterocycles. The maximum Gasteiger partial charge on any atom is 0.0728 e. The normalized spacial score (nSPS) is 12.7. The number of rotatable bonds is 7. The Balaban J connectivity index is 2.15. The first kappa shape index (κ1) is 12.1. The molecule has 1 heterocycles. The largest absolute Gasteiger partial charge is 0.380 e. The highest BCUT2D eigenvalue weighted by Gasteiger charge is 2.02. The average molecular weight is 209 g/mol. The van der Waals surface area contributed by atoms with Gasteiger partial charge in [-0.2, -0.15) is 5.10 Å². The van der Waals surface area contributed by atoms with E-state index in [4.69, 9.17) is 0 Å². The fourth-order valence-corrected chi connectivity index (χ4v) is 1.73. The van der Waals surface area contributed by atoms with Gasteiger partial charge in [-0.25, -0.2) is 0 Å². The van der Waals surface area contributed by atoms with Gasteiger partial charge < -0.3 is 5.32 Å². The lowest BCUT2D eigenvalue weighted by Crippen LogP contribution is -2.14. The SMILES string of the molecule is CCCCCC[C@H](C)Nc1cnn(C)c1. The Morgan fingerprint density at radius 3 is 2.80 bits per heavy atom. The van der Waals surface area contributed by atoms with Crippen LogP contribution in [-0.2, 0) is 7.05 Å². The van der Waals surface area contributed by atoms with Crippen molar-refractivity contribution in [3.8, 4) is 0 Å². The maximum absolute atomic E-state index is 4.13. The van der Waals surface area contributed by atoms with Gasteiger partial charge in [0.2, 0.25) is 0 Å². The Labute approximate surface area is 92.9 Å². The molecule has 0 fully saturated rings. The summed E-state index contributed by atoms with van der Waals surface area (Å²) in [7, 11) is 1.94. The summed E-state index contributed by atoms with van der Waals surface area (Å²) in [5.74, 6) is 0. The monoisotopic (exact) mass is 209 g/mol. The predicted molar refractivity (Wildman–Crippen MR) is 65.1 cm³/mol. The van der Waals surface area contributed by atoms with Gasteiger partial charge in [0.05, 0.1) is 11.9 Å². The van der Waals surface area contributed by atoms with Crippen molar-refractivity contribution in [2.75, 3.05) is 5.32 Å². The third-order valence-electron chi connectivity index (χ3n) is 2.61. The fraction of sp³-hybridized carbons (Fsp3) is 0.750. The van der Waals surface area contributed by atoms with Crippen LogP contribution in [0.3, 0.4) is 0 Å². The van der Waals surface area contributed by atoms with Gasteiger partial charge in [0.25, 0.3) is 0 Å². The van der Waals surface area contributed by atoms with Crippen LogP contribution in [0.15, 0.2) is 12.4 Å². The first-order valence-corrected chi connectivity index (χ1v) is 5.97. The number of aromatic nitrogens is 2. The standard InChI is InChI=1S/C12H23N3/c1-4-5-6-7-8-11(2)14-12-9-13-15(3)10-12/h9-11,14H,4-8H2,1-3H3/t11-/m0/s1. The maximum atomic E-state index is 4.13. The molecule has 0 saturated heterocycles. The van der Waals surface area contributed by atoms with E-state index in [1.54, 1.807) is 0 Å². The van der Waals surface area contributed by atoms with Gasteiger partial charge in [0.1, 0.15) is 0 Å². The number of aryl methyl sites for hydroxylation is 1. The van der Waals surface area contributed by atoms with Crippen LogP contribution in [0.1, 0.15) is 46.0 Å². The molecule has 0 aliphatic rings. The minimum Gasteiger partial charge on any atom is -0.380 e. The molecule has 3 nitrogen and oxygen atoms in total. The van der Waals surface area contributed by atoms with Gasteiger partial charge >= 0.3 is 0 Å². The molecule has 0 saturated carbocycles. The zero-order valence-corrected chi connectivity index (χ0v) is 10.2. The number of anilines is 1. The molecule has 1 N–H and O–H groups in total. The van der Waals surface area contributed by atoms with Crippen LogP contribution in [0, 0.1) is 0 Å². The highest BCUT2D eigenvalue weighted by atomic mass is 15.3. The van der Waals surface area contributed by atoms with Crippen LogP contribution in [0.2, 0.25) is 0 Å². The Hall–Kier alpha value is -0.990. The fourth-order valence-electron chi connectivity index (χ4n) is 1.73. The molecule has 1 aromatic rings. The minimum absolute atomic E-state index is 0.547. The van der Waals surface area contributed by atoms with Crippen LogP contribution in [0.25, 0.3) is 0 Å². The van der Waals surface area contributed by atoms with E-state index in [0.717, 1.165) is 5.69 Å². The van der Waals surface area contributed by atoms with Crippen LogP contribution in [-0.4, -0.2) is 15.8 Å². The predicted octanol–water partition coefficient (Wildman–Crippen LogP) is 3.19. The lowest BCUT2D eigenvalue weighted by Gasteiger charge is -2.12. The summed E-state index contributed by atoms with van der Waals surface area (Å²) in [4.78, 5) is 0. The first-order valence-electron chi connectivity index (χ1n) is 5.97. The topological polar surface area (TPSA) is 29.9 Å². The van der Waals surface area contributed by atoms with Crippen molar-refractivity contribution in [3.63, 3.8) is 0 Å². The van der Waals surface area contributed by atoms with Gasteiger partial charge in [-0.15, -0.1) is 0 Å². The molecule has 86 valence electrons. The molecule has 3 heteroatoms. The molecule has 1 atom stereocenters. The van der Waals surface area contributed by atoms with Crippen molar-refractivity contribution in [1.29, 1.82) is 0 Å². The lowest BCUT2D eigenvalue weighted by molar-refractivity contribution is 0.594. The van der Waals surface area contributed by atoms with Crippen molar-refractivity contribution in [2.24, 2.45) is 7.05 Å². The van der Waals surface area contributed by atoms with Crippen LogP contribution < -0.4 is 5.32 Å². The minimum atomic E-state index is 0.547. The Bertz CT molecular complexity index is 268. The van der Waals surface area contributed by atoms with E-state index in [1.807, 2.05) is 24.1 Å². The number of unbranched alkanes of at least 4 members (excludes halogenated alkanes) is 3. The summed E-state index contributed by atoms with van der Waals surface area (Å²) < 4.78 is 1.83. The zero-order chi connectivity index (χ0) is 11.1. The van der Waals surface area contributed by atoms with Gasteiger partial charge in [0, 0.05) is 19.3 Å². The van der Waals surface area contributed by atoms with E-state index in [-0.39, 0.29) is 0 Å². The van der Waals surface area contributed by atoms with Crippen molar-refractivity contribution in [1.82, 2.24) is 9.78 Å². The van der Waals surface area contributed by atoms with Crippen LogP contribution in [0.5, 0.6) is 0 Å². The molecule has 1 rings (SSSR count). The highest BCUT2D eigenvalue weighted by Crippen LogP contribution is 2.11. The Morgan fingerprint density at radius 2 is 2.20 bits per heavy atom. The third kappa shape index (κ3) is 4.86. The molecule has 0 radical (unpaired) electrons. The van der Waals surface area contributed by atoms with Crippen molar-refractivity contribution in [2.45, 2.75) is 52.0 Å². The quantitative estimate of drug-likeness (QED) is 0.699. The molecule has 0 bridgehead atoms. The van der Waals surface area contributed by atoms with E-state index < -0.39 is 0 Å². The molecule has 0 unspecified atom stereocenters. The molecular weight excluding hydrogens is 186 g/mol. The summed E-state index contributed by atoms with van der Waals surface area (Å²) in [6.07, 6.45) is 10.5. The Morgan fingerprint density at radius 1 is 1.40 bits per heavy atom. The number of nitrogens with zero attached hydrogens (tertiary/aromatic N) is 2. The first-order chi connectivity index (χ1) is 7.22. The molecule has 0 amide bonds. The van der Waals surface area contributed by atoms with E-state index in [9.17, 15) is 0 Å². The van der Waals surface area contributed by atoms with Gasteiger partial charge in [-0.05, 0) is 13.3 Å². The third-order valence-corrected chi connectivity index (χ3v) is 2.61. The summed E-state index contributed by atoms with van der Waals surface area (Å²) in [5, 5.41) is 7.59. The molecule has 0 aromatic carbocycles. The van der Waals surface area contributed by atoms with Crippen molar-refractivity contribution < 1.29 is 0 Å². The van der Waals surface area contributed by atoms with Crippen molar-refractivity contribution >= 4 is 5.69 Å². The number of hydrogen-bond acceptors (Lipinski definition) is 2. The molecule has 1 aromatic heterocycles. The average Bonchev–Trinajstić information content (AvgIpc) is 2.59. The number of nitrogens with one attached hydrogen (secondary N) is 1. The van der Waals surface area contributed by atoms with E-state index in [2.05, 4.69) is 24.3 Å². The highest BCUT2D eigenvalue weighted by molar-refractivity contribution is 5.38. The summed E-state index contributed by atoms with van der Waals surface area (Å²) >= 11 is 0. The smallest absolute Gasteiger partial charge is 0.0728 e. The second-order valence-corrected chi connectivity index (χ2v) is 4.30.